The Kier molecular flexibility index (Phi) is 4.61. The summed E-state index contributed by atoms with van der Waals surface area (Å²) in [5.74, 6) is -3.32. The van der Waals surface area contributed by atoms with E-state index in [2.05, 4.69) is 10.5 Å². The zero-order valence-corrected chi connectivity index (χ0v) is 19.3. The number of benzene rings is 1. The first kappa shape index (κ1) is 21.0. The maximum Gasteiger partial charge on any atom is 0.213 e. The highest BCUT2D eigenvalue weighted by Gasteiger charge is 2.60. The number of hydrogen-bond acceptors (Lipinski definition) is 5. The molecule has 0 amide bonds. The van der Waals surface area contributed by atoms with Crippen LogP contribution in [0.4, 0.5) is 23.2 Å². The van der Waals surface area contributed by atoms with Crippen LogP contribution < -0.4 is 5.43 Å². The third-order valence-electron chi connectivity index (χ3n) is 7.57. The predicted octanol–water partition coefficient (Wildman–Crippen LogP) is 6.96. The van der Waals surface area contributed by atoms with Crippen LogP contribution in [0.1, 0.15) is 46.6 Å². The summed E-state index contributed by atoms with van der Waals surface area (Å²) in [6, 6.07) is 9.21. The van der Waals surface area contributed by atoms with Crippen LogP contribution in [0.5, 0.6) is 0 Å². The van der Waals surface area contributed by atoms with Gasteiger partial charge >= 0.3 is 0 Å². The number of halogens is 4. The Morgan fingerprint density at radius 3 is 2.00 bits per heavy atom. The van der Waals surface area contributed by atoms with E-state index in [9.17, 15) is 17.6 Å². The molecule has 0 saturated heterocycles. The van der Waals surface area contributed by atoms with Gasteiger partial charge in [0.25, 0.3) is 0 Å². The van der Waals surface area contributed by atoms with E-state index < -0.39 is 21.9 Å². The molecule has 6 atom stereocenters. The van der Waals surface area contributed by atoms with Gasteiger partial charge in [-0.3, -0.25) is 5.43 Å². The van der Waals surface area contributed by atoms with Gasteiger partial charge in [0.2, 0.25) is 10.3 Å². The second-order valence-electron chi connectivity index (χ2n) is 9.07. The fourth-order valence-corrected chi connectivity index (χ4v) is 8.64. The second-order valence-corrected chi connectivity index (χ2v) is 11.1. The maximum absolute atomic E-state index is 15.0. The first-order valence-electron chi connectivity index (χ1n) is 10.7. The van der Waals surface area contributed by atoms with Gasteiger partial charge in [-0.25, -0.2) is 8.78 Å². The molecule has 1 saturated carbocycles. The van der Waals surface area contributed by atoms with Crippen molar-refractivity contribution < 1.29 is 17.6 Å². The molecule has 170 valence electrons. The Morgan fingerprint density at radius 2 is 1.33 bits per heavy atom. The van der Waals surface area contributed by atoms with E-state index in [0.29, 0.717) is 21.2 Å². The van der Waals surface area contributed by atoms with Crippen LogP contribution in [-0.4, -0.2) is 11.4 Å². The number of nitrogens with one attached hydrogen (secondary N) is 2. The third-order valence-corrected chi connectivity index (χ3v) is 9.68. The number of rotatable bonds is 2. The van der Waals surface area contributed by atoms with E-state index in [1.807, 2.05) is 44.2 Å². The molecule has 2 aromatic heterocycles. The zero-order valence-electron chi connectivity index (χ0n) is 17.6. The van der Waals surface area contributed by atoms with Gasteiger partial charge in [0.15, 0.2) is 11.6 Å². The van der Waals surface area contributed by atoms with Gasteiger partial charge in [0.1, 0.15) is 0 Å². The summed E-state index contributed by atoms with van der Waals surface area (Å²) in [6.45, 7) is 3.93. The predicted molar refractivity (Wildman–Crippen MR) is 123 cm³/mol. The minimum Gasteiger partial charge on any atom is -0.304 e. The van der Waals surface area contributed by atoms with Gasteiger partial charge in [0, 0.05) is 44.7 Å². The average Bonchev–Trinajstić information content (AvgIpc) is 3.46. The Morgan fingerprint density at radius 1 is 0.788 bits per heavy atom. The van der Waals surface area contributed by atoms with Crippen molar-refractivity contribution in [2.45, 2.75) is 25.7 Å². The highest BCUT2D eigenvalue weighted by atomic mass is 32.1. The molecule has 3 aliphatic rings. The van der Waals surface area contributed by atoms with Crippen molar-refractivity contribution in [3.63, 3.8) is 0 Å². The number of para-hydroxylation sites is 1. The van der Waals surface area contributed by atoms with E-state index in [-0.39, 0.29) is 52.3 Å². The van der Waals surface area contributed by atoms with Crippen LogP contribution in [0.25, 0.3) is 0 Å². The van der Waals surface area contributed by atoms with Crippen molar-refractivity contribution in [1.82, 2.24) is 0 Å². The fourth-order valence-electron chi connectivity index (χ4n) is 6.28. The summed E-state index contributed by atoms with van der Waals surface area (Å²) < 4.78 is 58.0. The number of thiophene rings is 2. The number of anilines is 1. The molecular weight excluding hydrogens is 470 g/mol. The Hall–Kier alpha value is -2.52. The van der Waals surface area contributed by atoms with E-state index in [4.69, 9.17) is 5.41 Å². The molecule has 1 fully saturated rings. The van der Waals surface area contributed by atoms with Crippen LogP contribution in [0, 0.1) is 51.0 Å². The summed E-state index contributed by atoms with van der Waals surface area (Å²) in [5, 5.41) is 11.5. The number of hydrogen-bond donors (Lipinski definition) is 2. The van der Waals surface area contributed by atoms with E-state index in [1.54, 1.807) is 0 Å². The molecule has 0 bridgehead atoms. The Bertz CT molecular complexity index is 1330. The second kappa shape index (κ2) is 7.24. The summed E-state index contributed by atoms with van der Waals surface area (Å²) >= 11 is 1.56. The standard InChI is InChI=1S/C24H19F4N3S2/c1-8-11-13(21-15(19(11)29)17(25)23(27)32-21)9(2)12-14(8)22-16(18(26)24(28)33-22)20(12)31-30-10-6-4-3-5-7-10/h3-9,11-14,29-30H,1-2H3/b29-19?,31-20-. The number of hydrazone groups is 1. The molecule has 6 unspecified atom stereocenters. The van der Waals surface area contributed by atoms with Crippen LogP contribution in [0.15, 0.2) is 35.4 Å². The van der Waals surface area contributed by atoms with E-state index >= 15 is 0 Å². The Balaban J connectivity index is 1.50. The average molecular weight is 490 g/mol. The molecular formula is C24H19F4N3S2. The molecule has 1 aromatic carbocycles. The van der Waals surface area contributed by atoms with Gasteiger partial charge in [-0.15, -0.1) is 22.7 Å². The van der Waals surface area contributed by atoms with Crippen molar-refractivity contribution in [3.05, 3.63) is 73.1 Å². The van der Waals surface area contributed by atoms with E-state index in [1.165, 1.54) is 0 Å². The van der Waals surface area contributed by atoms with Crippen LogP contribution >= 0.6 is 22.7 Å². The summed E-state index contributed by atoms with van der Waals surface area (Å²) in [7, 11) is 0. The first-order chi connectivity index (χ1) is 15.8. The SMILES string of the molecule is CC1C2/C(=N/Nc3ccccc3)c3c(sc(F)c3F)C2C(C)C2C(=N)c3c(sc(F)c3F)C12. The summed E-state index contributed by atoms with van der Waals surface area (Å²) in [6.07, 6.45) is 0. The van der Waals surface area contributed by atoms with Gasteiger partial charge in [-0.05, 0) is 24.0 Å². The number of fused-ring (bicyclic) bond motifs is 6. The lowest BCUT2D eigenvalue weighted by molar-refractivity contribution is 0.161. The molecule has 3 aromatic rings. The van der Waals surface area contributed by atoms with Gasteiger partial charge in [0.05, 0.1) is 17.0 Å². The minimum absolute atomic E-state index is 0.0795. The topological polar surface area (TPSA) is 48.2 Å². The van der Waals surface area contributed by atoms with Crippen molar-refractivity contribution in [1.29, 1.82) is 5.41 Å². The lowest BCUT2D eigenvalue weighted by Crippen LogP contribution is -2.42. The molecule has 2 N–H and O–H groups in total. The van der Waals surface area contributed by atoms with Crippen molar-refractivity contribution in [2.24, 2.45) is 28.8 Å². The van der Waals surface area contributed by atoms with Crippen LogP contribution in [0.3, 0.4) is 0 Å². The molecule has 9 heteroatoms. The maximum atomic E-state index is 15.0. The van der Waals surface area contributed by atoms with Crippen LogP contribution in [-0.2, 0) is 0 Å². The van der Waals surface area contributed by atoms with Crippen molar-refractivity contribution >= 4 is 39.8 Å². The number of nitrogens with zero attached hydrogens (tertiary/aromatic N) is 1. The highest BCUT2D eigenvalue weighted by molar-refractivity contribution is 7.11. The quantitative estimate of drug-likeness (QED) is 0.297. The lowest BCUT2D eigenvalue weighted by atomic mass is 9.59. The summed E-state index contributed by atoms with van der Waals surface area (Å²) in [4.78, 5) is 1.14. The fraction of sp³-hybridized carbons (Fsp3) is 0.333. The van der Waals surface area contributed by atoms with E-state index in [0.717, 1.165) is 22.7 Å². The zero-order chi connectivity index (χ0) is 23.2. The molecule has 6 rings (SSSR count). The smallest absolute Gasteiger partial charge is 0.213 e. The van der Waals surface area contributed by atoms with Gasteiger partial charge in [-0.2, -0.15) is 13.9 Å². The summed E-state index contributed by atoms with van der Waals surface area (Å²) in [5.41, 5.74) is 4.50. The molecule has 33 heavy (non-hydrogen) atoms. The van der Waals surface area contributed by atoms with Crippen LogP contribution in [0.2, 0.25) is 0 Å². The normalized spacial score (nSPS) is 30.8. The largest absolute Gasteiger partial charge is 0.304 e. The molecule has 0 aliphatic heterocycles. The molecule has 0 radical (unpaired) electrons. The van der Waals surface area contributed by atoms with Crippen molar-refractivity contribution in [2.75, 3.05) is 5.43 Å². The third kappa shape index (κ3) is 2.72. The van der Waals surface area contributed by atoms with Gasteiger partial charge in [-0.1, -0.05) is 32.0 Å². The lowest BCUT2D eigenvalue weighted by Gasteiger charge is -2.45. The highest BCUT2D eigenvalue weighted by Crippen LogP contribution is 2.64. The molecule has 0 spiro atoms. The Labute approximate surface area is 195 Å². The minimum atomic E-state index is -0.951. The monoisotopic (exact) mass is 489 g/mol. The first-order valence-corrected chi connectivity index (χ1v) is 12.4. The van der Waals surface area contributed by atoms with Crippen molar-refractivity contribution in [3.8, 4) is 0 Å². The molecule has 3 aliphatic carbocycles. The molecule has 2 heterocycles. The van der Waals surface area contributed by atoms with Gasteiger partial charge < -0.3 is 5.41 Å². The molecule has 3 nitrogen and oxygen atoms in total.